The number of hydrogen-bond acceptors (Lipinski definition) is 10. The fourth-order valence-electron chi connectivity index (χ4n) is 7.18. The predicted molar refractivity (Wildman–Crippen MR) is 197 cm³/mol. The summed E-state index contributed by atoms with van der Waals surface area (Å²) in [5.74, 6) is 1.60. The van der Waals surface area contributed by atoms with Gasteiger partial charge in [0.05, 0.1) is 64.7 Å². The van der Waals surface area contributed by atoms with Crippen LogP contribution < -0.4 is 9.47 Å². The Hall–Kier alpha value is -4.42. The molecule has 10 heteroatoms. The van der Waals surface area contributed by atoms with Gasteiger partial charge in [-0.3, -0.25) is 9.80 Å². The second-order valence-electron chi connectivity index (χ2n) is 12.3. The van der Waals surface area contributed by atoms with E-state index < -0.39 is 0 Å². The van der Waals surface area contributed by atoms with Crippen LogP contribution in [0.4, 0.5) is 0 Å². The number of aliphatic hydroxyl groups is 2. The Kier molecular flexibility index (Phi) is 10.6. The molecule has 50 heavy (non-hydrogen) atoms. The molecule has 0 saturated carbocycles. The first-order valence-electron chi connectivity index (χ1n) is 16.6. The highest BCUT2D eigenvalue weighted by atomic mass is 32.1. The maximum absolute atomic E-state index is 9.99. The minimum atomic E-state index is -0.145. The molecule has 0 bridgehead atoms. The van der Waals surface area contributed by atoms with Crippen molar-refractivity contribution in [3.8, 4) is 11.5 Å². The standard InChI is InChI=1S/C40H40N4O4S2/c1-47-33-15-11-31(12-16-33)39-40(32-13-17-34(48-2)18-14-32)44(24-36-42-20-22-50-36)38(30-9-5-28(26-46)6-10-30)37(29-7-3-27(25-45)4-8-29)43(39)23-35-41-19-21-49-35/h3-22,37-40,45-46H,23-26H2,1-2H3. The molecule has 4 atom stereocenters. The zero-order chi connectivity index (χ0) is 34.5. The Morgan fingerprint density at radius 3 is 1.10 bits per heavy atom. The number of hydrogen-bond donors (Lipinski definition) is 2. The molecule has 2 N–H and O–H groups in total. The summed E-state index contributed by atoms with van der Waals surface area (Å²) in [6, 6.07) is 33.0. The molecule has 7 rings (SSSR count). The van der Waals surface area contributed by atoms with Gasteiger partial charge in [-0.25, -0.2) is 9.97 Å². The van der Waals surface area contributed by atoms with E-state index in [4.69, 9.17) is 19.4 Å². The van der Waals surface area contributed by atoms with Crippen molar-refractivity contribution >= 4 is 22.7 Å². The van der Waals surface area contributed by atoms with E-state index in [0.29, 0.717) is 13.1 Å². The van der Waals surface area contributed by atoms with Gasteiger partial charge in [0.15, 0.2) is 0 Å². The number of nitrogens with zero attached hydrogens (tertiary/aromatic N) is 4. The third-order valence-corrected chi connectivity index (χ3v) is 11.1. The van der Waals surface area contributed by atoms with Gasteiger partial charge in [0, 0.05) is 23.2 Å². The molecule has 1 fully saturated rings. The molecule has 1 aliphatic heterocycles. The van der Waals surface area contributed by atoms with E-state index in [0.717, 1.165) is 54.9 Å². The lowest BCUT2D eigenvalue weighted by Gasteiger charge is -2.56. The minimum Gasteiger partial charge on any atom is -0.497 e. The number of aliphatic hydroxyl groups excluding tert-OH is 2. The molecular weight excluding hydrogens is 665 g/mol. The fourth-order valence-corrected chi connectivity index (χ4v) is 8.43. The number of piperazine rings is 1. The molecule has 8 nitrogen and oxygen atoms in total. The molecular formula is C40H40N4O4S2. The smallest absolute Gasteiger partial charge is 0.118 e. The zero-order valence-corrected chi connectivity index (χ0v) is 29.6. The first-order chi connectivity index (χ1) is 24.6. The van der Waals surface area contributed by atoms with Crippen molar-refractivity contribution in [2.45, 2.75) is 50.5 Å². The van der Waals surface area contributed by atoms with Gasteiger partial charge >= 0.3 is 0 Å². The summed E-state index contributed by atoms with van der Waals surface area (Å²) in [7, 11) is 3.39. The van der Waals surface area contributed by atoms with E-state index in [9.17, 15) is 10.2 Å². The Labute approximate surface area is 300 Å². The Morgan fingerprint density at radius 1 is 0.520 bits per heavy atom. The lowest BCUT2D eigenvalue weighted by Crippen LogP contribution is -2.53. The third-order valence-electron chi connectivity index (χ3n) is 9.55. The van der Waals surface area contributed by atoms with Crippen LogP contribution in [0.15, 0.2) is 120 Å². The highest BCUT2D eigenvalue weighted by Crippen LogP contribution is 2.56. The van der Waals surface area contributed by atoms with Crippen LogP contribution in [0, 0.1) is 0 Å². The molecule has 1 saturated heterocycles. The van der Waals surface area contributed by atoms with E-state index in [1.165, 1.54) is 0 Å². The summed E-state index contributed by atoms with van der Waals surface area (Å²) in [6.45, 7) is 1.18. The van der Waals surface area contributed by atoms with Gasteiger partial charge in [0.2, 0.25) is 0 Å². The van der Waals surface area contributed by atoms with Crippen molar-refractivity contribution in [3.05, 3.63) is 164 Å². The van der Waals surface area contributed by atoms with Crippen LogP contribution in [-0.2, 0) is 26.3 Å². The normalized spacial score (nSPS) is 19.8. The lowest BCUT2D eigenvalue weighted by molar-refractivity contribution is -0.0826. The van der Waals surface area contributed by atoms with Gasteiger partial charge in [-0.15, -0.1) is 22.7 Å². The largest absolute Gasteiger partial charge is 0.497 e. The van der Waals surface area contributed by atoms with E-state index in [1.54, 1.807) is 36.9 Å². The summed E-state index contributed by atoms with van der Waals surface area (Å²) in [4.78, 5) is 14.8. The van der Waals surface area contributed by atoms with Crippen LogP contribution in [-0.4, -0.2) is 44.2 Å². The second kappa shape index (κ2) is 15.6. The Bertz CT molecular complexity index is 1670. The maximum Gasteiger partial charge on any atom is 0.118 e. The summed E-state index contributed by atoms with van der Waals surface area (Å²) >= 11 is 3.32. The number of benzene rings is 4. The lowest BCUT2D eigenvalue weighted by atomic mass is 9.79. The summed E-state index contributed by atoms with van der Waals surface area (Å²) in [5, 5.41) is 26.1. The van der Waals surface area contributed by atoms with Crippen LogP contribution in [0.5, 0.6) is 11.5 Å². The number of thiazole rings is 2. The van der Waals surface area contributed by atoms with E-state index >= 15 is 0 Å². The van der Waals surface area contributed by atoms with Crippen molar-refractivity contribution in [3.63, 3.8) is 0 Å². The monoisotopic (exact) mass is 704 g/mol. The van der Waals surface area contributed by atoms with Gasteiger partial charge in [-0.05, 0) is 57.6 Å². The van der Waals surface area contributed by atoms with Crippen LogP contribution in [0.2, 0.25) is 0 Å². The fraction of sp³-hybridized carbons (Fsp3) is 0.250. The summed E-state index contributed by atoms with van der Waals surface area (Å²) in [6.07, 6.45) is 3.75. The van der Waals surface area contributed by atoms with Crippen molar-refractivity contribution < 1.29 is 19.7 Å². The quantitative estimate of drug-likeness (QED) is 0.133. The van der Waals surface area contributed by atoms with Crippen molar-refractivity contribution in [1.82, 2.24) is 19.8 Å². The van der Waals surface area contributed by atoms with Gasteiger partial charge in [-0.1, -0.05) is 72.8 Å². The van der Waals surface area contributed by atoms with Gasteiger partial charge in [0.1, 0.15) is 21.5 Å². The first kappa shape index (κ1) is 34.0. The van der Waals surface area contributed by atoms with E-state index in [-0.39, 0.29) is 37.4 Å². The third kappa shape index (κ3) is 7.09. The molecule has 4 aromatic carbocycles. The number of ether oxygens (including phenoxy) is 2. The van der Waals surface area contributed by atoms with Crippen LogP contribution in [0.1, 0.15) is 67.6 Å². The zero-order valence-electron chi connectivity index (χ0n) is 28.0. The van der Waals surface area contributed by atoms with E-state index in [1.807, 2.05) is 71.7 Å². The molecule has 0 radical (unpaired) electrons. The first-order valence-corrected chi connectivity index (χ1v) is 18.3. The average molecular weight is 705 g/mol. The number of rotatable bonds is 12. The van der Waals surface area contributed by atoms with Crippen LogP contribution in [0.25, 0.3) is 0 Å². The molecule has 3 heterocycles. The van der Waals surface area contributed by atoms with Crippen molar-refractivity contribution in [2.24, 2.45) is 0 Å². The molecule has 0 amide bonds. The Balaban J connectivity index is 1.52. The van der Waals surface area contributed by atoms with Gasteiger partial charge in [-0.2, -0.15) is 0 Å². The molecule has 0 aliphatic carbocycles. The molecule has 2 aromatic heterocycles. The van der Waals surface area contributed by atoms with Crippen molar-refractivity contribution in [2.75, 3.05) is 14.2 Å². The molecule has 4 unspecified atom stereocenters. The van der Waals surface area contributed by atoms with Crippen molar-refractivity contribution in [1.29, 1.82) is 0 Å². The van der Waals surface area contributed by atoms with Crippen LogP contribution >= 0.6 is 22.7 Å². The van der Waals surface area contributed by atoms with Crippen LogP contribution in [0.3, 0.4) is 0 Å². The molecule has 6 aromatic rings. The number of methoxy groups -OCH3 is 2. The predicted octanol–water partition coefficient (Wildman–Crippen LogP) is 7.88. The SMILES string of the molecule is COc1ccc(C2C(c3ccc(OC)cc3)N(Cc3nccs3)C(c3ccc(CO)cc3)C(c3ccc(CO)cc3)N2Cc2nccs2)cc1. The summed E-state index contributed by atoms with van der Waals surface area (Å²) < 4.78 is 11.2. The minimum absolute atomic E-state index is 0.0238. The van der Waals surface area contributed by atoms with E-state index in [2.05, 4.69) is 58.3 Å². The maximum atomic E-state index is 9.99. The second-order valence-corrected chi connectivity index (χ2v) is 14.3. The average Bonchev–Trinajstić information content (AvgIpc) is 3.90. The van der Waals surface area contributed by atoms with Gasteiger partial charge in [0.25, 0.3) is 0 Å². The summed E-state index contributed by atoms with van der Waals surface area (Å²) in [5.41, 5.74) is 6.29. The number of aromatic nitrogens is 2. The van der Waals surface area contributed by atoms with Gasteiger partial charge < -0.3 is 19.7 Å². The molecule has 0 spiro atoms. The molecule has 256 valence electrons. The highest BCUT2D eigenvalue weighted by molar-refractivity contribution is 7.09. The molecule has 1 aliphatic rings. The topological polar surface area (TPSA) is 91.2 Å². The highest BCUT2D eigenvalue weighted by Gasteiger charge is 2.50. The Morgan fingerprint density at radius 2 is 0.840 bits per heavy atom.